The third-order valence-corrected chi connectivity index (χ3v) is 5.45. The summed E-state index contributed by atoms with van der Waals surface area (Å²) in [4.78, 5) is 25.0. The van der Waals surface area contributed by atoms with Crippen molar-refractivity contribution in [3.63, 3.8) is 0 Å². The van der Waals surface area contributed by atoms with Crippen LogP contribution in [0.25, 0.3) is 0 Å². The van der Waals surface area contributed by atoms with Gasteiger partial charge in [0.1, 0.15) is 0 Å². The lowest BCUT2D eigenvalue weighted by Gasteiger charge is -2.18. The SMILES string of the molecule is O=C(CCCBr)NC1CN(C(=O)Nc2ccccc2C(F)(F)F)N=C1c1ccc(Cl)cc1. The first kappa shape index (κ1) is 24.1. The largest absolute Gasteiger partial charge is 0.418 e. The molecule has 0 aliphatic carbocycles. The Bertz CT molecular complexity index is 1010. The van der Waals surface area contributed by atoms with Gasteiger partial charge in [0.15, 0.2) is 0 Å². The molecule has 0 saturated heterocycles. The highest BCUT2D eigenvalue weighted by Gasteiger charge is 2.36. The van der Waals surface area contributed by atoms with Crippen LogP contribution in [0.5, 0.6) is 0 Å². The monoisotopic (exact) mass is 530 g/mol. The van der Waals surface area contributed by atoms with E-state index in [1.54, 1.807) is 24.3 Å². The van der Waals surface area contributed by atoms with Crippen LogP contribution in [0.1, 0.15) is 24.0 Å². The molecule has 11 heteroatoms. The van der Waals surface area contributed by atoms with Gasteiger partial charge in [0.2, 0.25) is 5.91 Å². The second kappa shape index (κ2) is 10.4. The lowest BCUT2D eigenvalue weighted by Crippen LogP contribution is -2.44. The van der Waals surface area contributed by atoms with Crippen LogP contribution in [0.2, 0.25) is 5.02 Å². The minimum atomic E-state index is -4.63. The minimum absolute atomic E-state index is 0.0297. The van der Waals surface area contributed by atoms with Crippen molar-refractivity contribution in [1.82, 2.24) is 10.3 Å². The number of benzene rings is 2. The van der Waals surface area contributed by atoms with Gasteiger partial charge in [0, 0.05) is 22.3 Å². The van der Waals surface area contributed by atoms with E-state index in [1.807, 2.05) is 0 Å². The maximum absolute atomic E-state index is 13.2. The molecule has 1 aliphatic heterocycles. The zero-order valence-corrected chi connectivity index (χ0v) is 19.0. The van der Waals surface area contributed by atoms with Crippen LogP contribution in [-0.2, 0) is 11.0 Å². The van der Waals surface area contributed by atoms with Crippen LogP contribution in [-0.4, -0.2) is 40.6 Å². The number of rotatable bonds is 6. The summed E-state index contributed by atoms with van der Waals surface area (Å²) >= 11 is 9.21. The number of amides is 3. The molecule has 0 radical (unpaired) electrons. The van der Waals surface area contributed by atoms with Crippen molar-refractivity contribution >= 4 is 50.9 Å². The Morgan fingerprint density at radius 1 is 1.16 bits per heavy atom. The molecule has 0 bridgehead atoms. The maximum atomic E-state index is 13.2. The van der Waals surface area contributed by atoms with Crippen molar-refractivity contribution in [2.24, 2.45) is 5.10 Å². The molecule has 3 amide bonds. The molecule has 170 valence electrons. The van der Waals surface area contributed by atoms with Gasteiger partial charge in [-0.15, -0.1) is 0 Å². The highest BCUT2D eigenvalue weighted by molar-refractivity contribution is 9.09. The number of para-hydroxylation sites is 1. The Hall–Kier alpha value is -2.59. The Morgan fingerprint density at radius 3 is 2.50 bits per heavy atom. The number of urea groups is 1. The van der Waals surface area contributed by atoms with Gasteiger partial charge in [-0.05, 0) is 30.7 Å². The van der Waals surface area contributed by atoms with E-state index in [0.717, 1.165) is 11.1 Å². The smallest absolute Gasteiger partial charge is 0.346 e. The van der Waals surface area contributed by atoms with Gasteiger partial charge >= 0.3 is 12.2 Å². The normalized spacial score (nSPS) is 16.0. The molecule has 1 unspecified atom stereocenters. The summed E-state index contributed by atoms with van der Waals surface area (Å²) < 4.78 is 39.7. The predicted octanol–water partition coefficient (Wildman–Crippen LogP) is 5.27. The topological polar surface area (TPSA) is 73.8 Å². The van der Waals surface area contributed by atoms with E-state index in [9.17, 15) is 22.8 Å². The number of alkyl halides is 4. The summed E-state index contributed by atoms with van der Waals surface area (Å²) in [5.41, 5.74) is -0.300. The molecular weight excluding hydrogens is 513 g/mol. The average Bonchev–Trinajstić information content (AvgIpc) is 3.16. The molecule has 1 aliphatic rings. The van der Waals surface area contributed by atoms with E-state index in [1.165, 1.54) is 18.2 Å². The third-order valence-electron chi connectivity index (χ3n) is 4.64. The Labute approximate surface area is 195 Å². The number of halogens is 5. The van der Waals surface area contributed by atoms with Gasteiger partial charge in [-0.25, -0.2) is 9.80 Å². The number of hydrazone groups is 1. The van der Waals surface area contributed by atoms with E-state index in [-0.39, 0.29) is 24.6 Å². The van der Waals surface area contributed by atoms with Gasteiger partial charge in [0.05, 0.1) is 29.5 Å². The molecule has 0 saturated carbocycles. The number of carbonyl (C=O) groups excluding carboxylic acids is 2. The molecule has 2 aromatic carbocycles. The molecule has 1 atom stereocenters. The van der Waals surface area contributed by atoms with Gasteiger partial charge in [-0.1, -0.05) is 51.8 Å². The first-order valence-corrected chi connectivity index (χ1v) is 11.1. The van der Waals surface area contributed by atoms with Crippen LogP contribution >= 0.6 is 27.5 Å². The fourth-order valence-corrected chi connectivity index (χ4v) is 3.54. The van der Waals surface area contributed by atoms with Crippen LogP contribution in [0.4, 0.5) is 23.7 Å². The molecule has 32 heavy (non-hydrogen) atoms. The van der Waals surface area contributed by atoms with Crippen molar-refractivity contribution < 1.29 is 22.8 Å². The number of nitrogens with zero attached hydrogens (tertiary/aromatic N) is 2. The Balaban J connectivity index is 1.83. The highest BCUT2D eigenvalue weighted by atomic mass is 79.9. The summed E-state index contributed by atoms with van der Waals surface area (Å²) in [6.07, 6.45) is -3.72. The maximum Gasteiger partial charge on any atom is 0.418 e. The summed E-state index contributed by atoms with van der Waals surface area (Å²) in [6, 6.07) is 9.89. The molecule has 6 nitrogen and oxygen atoms in total. The predicted molar refractivity (Wildman–Crippen MR) is 120 cm³/mol. The number of hydrogen-bond acceptors (Lipinski definition) is 3. The number of hydrogen-bond donors (Lipinski definition) is 2. The summed E-state index contributed by atoms with van der Waals surface area (Å²) in [5.74, 6) is -0.221. The lowest BCUT2D eigenvalue weighted by molar-refractivity contribution is -0.137. The Morgan fingerprint density at radius 2 is 1.84 bits per heavy atom. The third kappa shape index (κ3) is 6.01. The van der Waals surface area contributed by atoms with Gasteiger partial charge in [-0.3, -0.25) is 4.79 Å². The van der Waals surface area contributed by atoms with Crippen LogP contribution in [0.3, 0.4) is 0 Å². The molecule has 3 rings (SSSR count). The van der Waals surface area contributed by atoms with Crippen molar-refractivity contribution in [3.8, 4) is 0 Å². The van der Waals surface area contributed by atoms with Gasteiger partial charge in [0.25, 0.3) is 0 Å². The zero-order valence-electron chi connectivity index (χ0n) is 16.6. The number of nitrogens with one attached hydrogen (secondary N) is 2. The van der Waals surface area contributed by atoms with Crippen LogP contribution in [0, 0.1) is 0 Å². The van der Waals surface area contributed by atoms with Crippen LogP contribution in [0.15, 0.2) is 53.6 Å². The first-order valence-electron chi connectivity index (χ1n) is 9.63. The van der Waals surface area contributed by atoms with Crippen molar-refractivity contribution in [2.45, 2.75) is 25.1 Å². The minimum Gasteiger partial charge on any atom is -0.346 e. The van der Waals surface area contributed by atoms with Crippen molar-refractivity contribution in [2.75, 3.05) is 17.2 Å². The molecule has 2 N–H and O–H groups in total. The van der Waals surface area contributed by atoms with E-state index < -0.39 is 23.8 Å². The summed E-state index contributed by atoms with van der Waals surface area (Å²) in [5, 5.41) is 11.6. The quantitative estimate of drug-likeness (QED) is 0.499. The fraction of sp³-hybridized carbons (Fsp3) is 0.286. The molecule has 1 heterocycles. The fourth-order valence-electron chi connectivity index (χ4n) is 3.13. The first-order chi connectivity index (χ1) is 15.2. The standard InChI is InChI=1S/C21H19BrClF3N4O2/c22-11-3-6-18(31)27-17-12-30(29-19(17)13-7-9-14(23)10-8-13)20(32)28-16-5-2-1-4-15(16)21(24,25)26/h1-2,4-5,7-10,17H,3,6,11-12H2,(H,27,31)(H,28,32). The van der Waals surface area contributed by atoms with Crippen molar-refractivity contribution in [3.05, 3.63) is 64.7 Å². The average molecular weight is 532 g/mol. The molecule has 2 aromatic rings. The van der Waals surface area contributed by atoms with E-state index >= 15 is 0 Å². The number of anilines is 1. The zero-order chi connectivity index (χ0) is 23.3. The van der Waals surface area contributed by atoms with E-state index in [2.05, 4.69) is 31.7 Å². The highest BCUT2D eigenvalue weighted by Crippen LogP contribution is 2.34. The van der Waals surface area contributed by atoms with Crippen LogP contribution < -0.4 is 10.6 Å². The van der Waals surface area contributed by atoms with Crippen molar-refractivity contribution in [1.29, 1.82) is 0 Å². The van der Waals surface area contributed by atoms with Gasteiger partial charge < -0.3 is 10.6 Å². The lowest BCUT2D eigenvalue weighted by atomic mass is 10.0. The Kier molecular flexibility index (Phi) is 7.78. The molecule has 0 fully saturated rings. The second-order valence-corrected chi connectivity index (χ2v) is 8.19. The summed E-state index contributed by atoms with van der Waals surface area (Å²) in [6.45, 7) is -0.0297. The molecule has 0 aromatic heterocycles. The molecule has 0 spiro atoms. The number of carbonyl (C=O) groups is 2. The van der Waals surface area contributed by atoms with E-state index in [0.29, 0.717) is 28.0 Å². The van der Waals surface area contributed by atoms with Gasteiger partial charge in [-0.2, -0.15) is 18.3 Å². The van der Waals surface area contributed by atoms with E-state index in [4.69, 9.17) is 11.6 Å². The second-order valence-electron chi connectivity index (χ2n) is 6.96. The summed E-state index contributed by atoms with van der Waals surface area (Å²) in [7, 11) is 0. The molecular formula is C21H19BrClF3N4O2.